The Labute approximate surface area is 174 Å². The zero-order valence-corrected chi connectivity index (χ0v) is 17.3. The summed E-state index contributed by atoms with van der Waals surface area (Å²) in [6.07, 6.45) is 0. The minimum absolute atomic E-state index is 0.0745. The Morgan fingerprint density at radius 1 is 1.14 bits per heavy atom. The summed E-state index contributed by atoms with van der Waals surface area (Å²) in [5.41, 5.74) is 4.20. The minimum Gasteiger partial charge on any atom is -0.494 e. The summed E-state index contributed by atoms with van der Waals surface area (Å²) >= 11 is 1.80. The Morgan fingerprint density at radius 3 is 2.62 bits per heavy atom. The number of nitrogens with one attached hydrogen (secondary N) is 1. The van der Waals surface area contributed by atoms with Crippen LogP contribution >= 0.6 is 11.8 Å². The highest BCUT2D eigenvalue weighted by Crippen LogP contribution is 2.36. The van der Waals surface area contributed by atoms with Crippen LogP contribution in [0, 0.1) is 6.92 Å². The molecule has 1 aliphatic rings. The number of nitrogens with zero attached hydrogens (tertiary/aromatic N) is 2. The predicted molar refractivity (Wildman–Crippen MR) is 115 cm³/mol. The zero-order chi connectivity index (χ0) is 20.2. The maximum absolute atomic E-state index is 12.6. The molecule has 1 aliphatic heterocycles. The van der Waals surface area contributed by atoms with Crippen LogP contribution < -0.4 is 14.8 Å². The molecule has 1 amide bonds. The highest BCUT2D eigenvalue weighted by molar-refractivity contribution is 7.98. The standard InChI is InChI=1S/C22H23N3O3S/c1-3-27-17-7-9-18(10-8-17)28-12-21(26)23-22-19-13-29-14-20(19)24-25(22)16-6-4-5-15(2)11-16/h4-11H,3,12-14H2,1-2H3,(H,23,26). The lowest BCUT2D eigenvalue weighted by Crippen LogP contribution is -2.22. The van der Waals surface area contributed by atoms with Gasteiger partial charge in [0.05, 0.1) is 18.0 Å². The molecule has 29 heavy (non-hydrogen) atoms. The molecule has 150 valence electrons. The van der Waals surface area contributed by atoms with Gasteiger partial charge in [-0.15, -0.1) is 0 Å². The van der Waals surface area contributed by atoms with E-state index in [0.29, 0.717) is 12.4 Å². The second-order valence-electron chi connectivity index (χ2n) is 6.76. The van der Waals surface area contributed by atoms with E-state index in [0.717, 1.165) is 45.6 Å². The molecule has 0 unspecified atom stereocenters. The van der Waals surface area contributed by atoms with Gasteiger partial charge in [-0.05, 0) is 55.8 Å². The lowest BCUT2D eigenvalue weighted by Gasteiger charge is -2.12. The molecule has 6 nitrogen and oxygen atoms in total. The van der Waals surface area contributed by atoms with E-state index >= 15 is 0 Å². The Kier molecular flexibility index (Phi) is 5.76. The summed E-state index contributed by atoms with van der Waals surface area (Å²) in [5, 5.41) is 7.74. The van der Waals surface area contributed by atoms with Gasteiger partial charge in [0.1, 0.15) is 17.3 Å². The number of ether oxygens (including phenoxy) is 2. The number of benzene rings is 2. The molecular formula is C22H23N3O3S. The molecule has 2 heterocycles. The highest BCUT2D eigenvalue weighted by atomic mass is 32.2. The third-order valence-corrected chi connectivity index (χ3v) is 5.53. The van der Waals surface area contributed by atoms with E-state index < -0.39 is 0 Å². The lowest BCUT2D eigenvalue weighted by atomic mass is 10.2. The van der Waals surface area contributed by atoms with E-state index in [-0.39, 0.29) is 12.5 Å². The van der Waals surface area contributed by atoms with E-state index in [2.05, 4.69) is 11.4 Å². The molecular weight excluding hydrogens is 386 g/mol. The number of aryl methyl sites for hydroxylation is 1. The fourth-order valence-corrected chi connectivity index (χ4v) is 4.24. The predicted octanol–water partition coefficient (Wildman–Crippen LogP) is 4.34. The van der Waals surface area contributed by atoms with Gasteiger partial charge < -0.3 is 14.8 Å². The number of anilines is 1. The van der Waals surface area contributed by atoms with Crippen LogP contribution in [0.25, 0.3) is 5.69 Å². The molecule has 3 aromatic rings. The molecule has 0 atom stereocenters. The van der Waals surface area contributed by atoms with E-state index in [9.17, 15) is 4.79 Å². The SMILES string of the molecule is CCOc1ccc(OCC(=O)Nc2c3c(nn2-c2cccc(C)c2)CSC3)cc1. The van der Waals surface area contributed by atoms with Crippen molar-refractivity contribution in [3.8, 4) is 17.2 Å². The van der Waals surface area contributed by atoms with Gasteiger partial charge >= 0.3 is 0 Å². The van der Waals surface area contributed by atoms with Crippen molar-refractivity contribution >= 4 is 23.5 Å². The maximum Gasteiger partial charge on any atom is 0.263 e. The minimum atomic E-state index is -0.215. The summed E-state index contributed by atoms with van der Waals surface area (Å²) in [4.78, 5) is 12.6. The van der Waals surface area contributed by atoms with Crippen LogP contribution in [-0.4, -0.2) is 28.9 Å². The average molecular weight is 410 g/mol. The average Bonchev–Trinajstić information content (AvgIpc) is 3.30. The first-order valence-corrected chi connectivity index (χ1v) is 10.7. The molecule has 0 aliphatic carbocycles. The Hall–Kier alpha value is -2.93. The first-order chi connectivity index (χ1) is 14.1. The zero-order valence-electron chi connectivity index (χ0n) is 16.5. The van der Waals surface area contributed by atoms with Crippen molar-refractivity contribution in [2.75, 3.05) is 18.5 Å². The van der Waals surface area contributed by atoms with Gasteiger partial charge in [0, 0.05) is 17.1 Å². The normalized spacial score (nSPS) is 12.5. The number of hydrogen-bond acceptors (Lipinski definition) is 5. The third kappa shape index (κ3) is 4.40. The number of amides is 1. The van der Waals surface area contributed by atoms with Crippen molar-refractivity contribution in [2.45, 2.75) is 25.4 Å². The van der Waals surface area contributed by atoms with E-state index in [1.165, 1.54) is 0 Å². The molecule has 0 fully saturated rings. The quantitative estimate of drug-likeness (QED) is 0.629. The fourth-order valence-electron chi connectivity index (χ4n) is 3.20. The van der Waals surface area contributed by atoms with Gasteiger partial charge in [0.15, 0.2) is 6.61 Å². The van der Waals surface area contributed by atoms with Crippen molar-refractivity contribution in [1.82, 2.24) is 9.78 Å². The molecule has 2 aromatic carbocycles. The number of carbonyl (C=O) groups is 1. The molecule has 0 saturated carbocycles. The summed E-state index contributed by atoms with van der Waals surface area (Å²) < 4.78 is 12.9. The van der Waals surface area contributed by atoms with Gasteiger partial charge in [-0.25, -0.2) is 4.68 Å². The second kappa shape index (κ2) is 8.61. The largest absolute Gasteiger partial charge is 0.494 e. The smallest absolute Gasteiger partial charge is 0.263 e. The van der Waals surface area contributed by atoms with E-state index in [1.807, 2.05) is 48.9 Å². The van der Waals surface area contributed by atoms with Gasteiger partial charge in [-0.3, -0.25) is 4.79 Å². The van der Waals surface area contributed by atoms with E-state index in [1.54, 1.807) is 23.9 Å². The fraction of sp³-hybridized carbons (Fsp3) is 0.273. The van der Waals surface area contributed by atoms with Crippen LogP contribution in [0.2, 0.25) is 0 Å². The van der Waals surface area contributed by atoms with Crippen LogP contribution in [0.5, 0.6) is 11.5 Å². The Balaban J connectivity index is 1.48. The van der Waals surface area contributed by atoms with Crippen LogP contribution in [0.15, 0.2) is 48.5 Å². The van der Waals surface area contributed by atoms with Gasteiger partial charge in [0.25, 0.3) is 5.91 Å². The van der Waals surface area contributed by atoms with Crippen molar-refractivity contribution in [3.05, 3.63) is 65.4 Å². The first kappa shape index (κ1) is 19.4. The monoisotopic (exact) mass is 409 g/mol. The highest BCUT2D eigenvalue weighted by Gasteiger charge is 2.24. The van der Waals surface area contributed by atoms with Crippen LogP contribution in [0.1, 0.15) is 23.7 Å². The number of thioether (sulfide) groups is 1. The van der Waals surface area contributed by atoms with E-state index in [4.69, 9.17) is 14.6 Å². The number of rotatable bonds is 7. The summed E-state index contributed by atoms with van der Waals surface area (Å²) in [6, 6.07) is 15.3. The third-order valence-electron chi connectivity index (χ3n) is 4.56. The molecule has 7 heteroatoms. The topological polar surface area (TPSA) is 65.4 Å². The van der Waals surface area contributed by atoms with Gasteiger partial charge in [-0.1, -0.05) is 12.1 Å². The Morgan fingerprint density at radius 2 is 1.90 bits per heavy atom. The lowest BCUT2D eigenvalue weighted by molar-refractivity contribution is -0.118. The van der Waals surface area contributed by atoms with Crippen molar-refractivity contribution in [3.63, 3.8) is 0 Å². The molecule has 1 aromatic heterocycles. The molecule has 0 spiro atoms. The summed E-state index contributed by atoms with van der Waals surface area (Å²) in [5.74, 6) is 3.62. The molecule has 0 bridgehead atoms. The number of carbonyl (C=O) groups excluding carboxylic acids is 1. The van der Waals surface area contributed by atoms with Gasteiger partial charge in [0.2, 0.25) is 0 Å². The molecule has 0 radical (unpaired) electrons. The summed E-state index contributed by atoms with van der Waals surface area (Å²) in [7, 11) is 0. The summed E-state index contributed by atoms with van der Waals surface area (Å²) in [6.45, 7) is 4.51. The van der Waals surface area contributed by atoms with Crippen molar-refractivity contribution < 1.29 is 14.3 Å². The van der Waals surface area contributed by atoms with Gasteiger partial charge in [-0.2, -0.15) is 16.9 Å². The molecule has 0 saturated heterocycles. The molecule has 4 rings (SSSR count). The Bertz CT molecular complexity index is 1010. The van der Waals surface area contributed by atoms with Crippen molar-refractivity contribution in [2.24, 2.45) is 0 Å². The molecule has 1 N–H and O–H groups in total. The van der Waals surface area contributed by atoms with Crippen LogP contribution in [-0.2, 0) is 16.3 Å². The van der Waals surface area contributed by atoms with Crippen molar-refractivity contribution in [1.29, 1.82) is 0 Å². The van der Waals surface area contributed by atoms with Crippen LogP contribution in [0.4, 0.5) is 5.82 Å². The van der Waals surface area contributed by atoms with Crippen LogP contribution in [0.3, 0.4) is 0 Å². The second-order valence-corrected chi connectivity index (χ2v) is 7.74. The number of fused-ring (bicyclic) bond motifs is 1. The first-order valence-electron chi connectivity index (χ1n) is 9.55. The number of aromatic nitrogens is 2. The maximum atomic E-state index is 12.6. The number of hydrogen-bond donors (Lipinski definition) is 1.